The molecule has 0 spiro atoms. The van der Waals surface area contributed by atoms with Crippen LogP contribution >= 0.6 is 0 Å². The third-order valence-corrected chi connectivity index (χ3v) is 4.08. The number of rotatable bonds is 4. The molecule has 0 unspecified atom stereocenters. The summed E-state index contributed by atoms with van der Waals surface area (Å²) in [5.74, 6) is 0.711. The molecule has 0 saturated carbocycles. The molecule has 1 aromatic carbocycles. The van der Waals surface area contributed by atoms with Gasteiger partial charge in [-0.1, -0.05) is 12.1 Å². The maximum Gasteiger partial charge on any atom is 0.166 e. The SMILES string of the molecule is C[C@@H](Nc1cc(-c2c(N)nn3cccnc23)ncn1)c1ccc(F)cc1. The molecule has 7 nitrogen and oxygen atoms in total. The van der Waals surface area contributed by atoms with E-state index in [2.05, 4.69) is 25.4 Å². The maximum absolute atomic E-state index is 13.1. The van der Waals surface area contributed by atoms with Crippen LogP contribution in [-0.4, -0.2) is 24.6 Å². The number of nitrogens with two attached hydrogens (primary N) is 1. The monoisotopic (exact) mass is 349 g/mol. The van der Waals surface area contributed by atoms with Gasteiger partial charge in [0, 0.05) is 24.5 Å². The summed E-state index contributed by atoms with van der Waals surface area (Å²) in [4.78, 5) is 12.9. The Morgan fingerprint density at radius 3 is 2.77 bits per heavy atom. The molecular formula is C18H16FN7. The zero-order valence-corrected chi connectivity index (χ0v) is 14.0. The number of hydrogen-bond donors (Lipinski definition) is 2. The molecule has 4 aromatic rings. The Kier molecular flexibility index (Phi) is 3.92. The van der Waals surface area contributed by atoms with E-state index in [1.165, 1.54) is 18.5 Å². The number of anilines is 2. The summed E-state index contributed by atoms with van der Waals surface area (Å²) in [5, 5.41) is 7.54. The van der Waals surface area contributed by atoms with Crippen LogP contribution in [0.5, 0.6) is 0 Å². The van der Waals surface area contributed by atoms with Crippen LogP contribution in [0.3, 0.4) is 0 Å². The van der Waals surface area contributed by atoms with Crippen LogP contribution in [0.15, 0.2) is 55.1 Å². The second-order valence-corrected chi connectivity index (χ2v) is 5.85. The largest absolute Gasteiger partial charge is 0.382 e. The molecule has 0 radical (unpaired) electrons. The minimum absolute atomic E-state index is 0.0577. The van der Waals surface area contributed by atoms with Gasteiger partial charge in [-0.15, -0.1) is 5.10 Å². The zero-order chi connectivity index (χ0) is 18.1. The quantitative estimate of drug-likeness (QED) is 0.588. The van der Waals surface area contributed by atoms with Gasteiger partial charge in [-0.25, -0.2) is 23.9 Å². The Labute approximate surface area is 148 Å². The van der Waals surface area contributed by atoms with Crippen molar-refractivity contribution in [3.05, 3.63) is 66.5 Å². The number of nitrogen functional groups attached to an aromatic ring is 1. The van der Waals surface area contributed by atoms with Crippen LogP contribution in [0.25, 0.3) is 16.9 Å². The Morgan fingerprint density at radius 1 is 1.15 bits per heavy atom. The molecule has 0 aliphatic carbocycles. The van der Waals surface area contributed by atoms with Crippen molar-refractivity contribution < 1.29 is 4.39 Å². The zero-order valence-electron chi connectivity index (χ0n) is 14.0. The van der Waals surface area contributed by atoms with Crippen molar-refractivity contribution in [1.82, 2.24) is 24.6 Å². The Hall–Kier alpha value is -3.55. The van der Waals surface area contributed by atoms with Crippen molar-refractivity contribution in [1.29, 1.82) is 0 Å². The fourth-order valence-corrected chi connectivity index (χ4v) is 2.78. The van der Waals surface area contributed by atoms with Crippen molar-refractivity contribution in [2.75, 3.05) is 11.1 Å². The minimum atomic E-state index is -0.263. The molecule has 3 N–H and O–H groups in total. The molecule has 130 valence electrons. The van der Waals surface area contributed by atoms with Gasteiger partial charge in [-0.05, 0) is 30.7 Å². The smallest absolute Gasteiger partial charge is 0.166 e. The van der Waals surface area contributed by atoms with E-state index in [1.54, 1.807) is 41.2 Å². The Morgan fingerprint density at radius 2 is 1.96 bits per heavy atom. The van der Waals surface area contributed by atoms with Crippen LogP contribution in [0.2, 0.25) is 0 Å². The van der Waals surface area contributed by atoms with Gasteiger partial charge in [-0.2, -0.15) is 0 Å². The molecule has 4 rings (SSSR count). The summed E-state index contributed by atoms with van der Waals surface area (Å²) in [5.41, 5.74) is 8.91. The molecule has 0 aliphatic rings. The predicted octanol–water partition coefficient (Wildman–Crippen LogP) is 3.08. The van der Waals surface area contributed by atoms with Gasteiger partial charge in [0.05, 0.1) is 11.3 Å². The fraction of sp³-hybridized carbons (Fsp3) is 0.111. The molecule has 3 heterocycles. The summed E-state index contributed by atoms with van der Waals surface area (Å²) in [6.07, 6.45) is 4.91. The van der Waals surface area contributed by atoms with Gasteiger partial charge in [0.25, 0.3) is 0 Å². The third kappa shape index (κ3) is 2.92. The highest BCUT2D eigenvalue weighted by molar-refractivity contribution is 5.84. The molecule has 8 heteroatoms. The first kappa shape index (κ1) is 15.9. The van der Waals surface area contributed by atoms with E-state index < -0.39 is 0 Å². The normalized spacial score (nSPS) is 12.2. The molecule has 1 atom stereocenters. The topological polar surface area (TPSA) is 94.0 Å². The second-order valence-electron chi connectivity index (χ2n) is 5.85. The molecular weight excluding hydrogens is 333 g/mol. The lowest BCUT2D eigenvalue weighted by Crippen LogP contribution is -2.08. The maximum atomic E-state index is 13.1. The fourth-order valence-electron chi connectivity index (χ4n) is 2.78. The van der Waals surface area contributed by atoms with Gasteiger partial charge in [0.2, 0.25) is 0 Å². The van der Waals surface area contributed by atoms with Crippen LogP contribution in [0.1, 0.15) is 18.5 Å². The first-order valence-corrected chi connectivity index (χ1v) is 8.05. The molecule has 3 aromatic heterocycles. The Bertz CT molecular complexity index is 1060. The van der Waals surface area contributed by atoms with Crippen molar-refractivity contribution in [3.8, 4) is 11.3 Å². The molecule has 0 amide bonds. The highest BCUT2D eigenvalue weighted by Gasteiger charge is 2.16. The number of halogens is 1. The molecule has 26 heavy (non-hydrogen) atoms. The predicted molar refractivity (Wildman–Crippen MR) is 96.9 cm³/mol. The summed E-state index contributed by atoms with van der Waals surface area (Å²) in [6.45, 7) is 1.97. The van der Waals surface area contributed by atoms with E-state index in [1.807, 2.05) is 6.92 Å². The van der Waals surface area contributed by atoms with E-state index in [4.69, 9.17) is 5.73 Å². The van der Waals surface area contributed by atoms with Gasteiger partial charge in [-0.3, -0.25) is 0 Å². The number of nitrogens with zero attached hydrogens (tertiary/aromatic N) is 5. The lowest BCUT2D eigenvalue weighted by molar-refractivity contribution is 0.626. The van der Waals surface area contributed by atoms with Gasteiger partial charge in [0.1, 0.15) is 18.0 Å². The highest BCUT2D eigenvalue weighted by atomic mass is 19.1. The van der Waals surface area contributed by atoms with Crippen LogP contribution < -0.4 is 11.1 Å². The van der Waals surface area contributed by atoms with Gasteiger partial charge >= 0.3 is 0 Å². The number of benzene rings is 1. The molecule has 0 saturated heterocycles. The standard InChI is InChI=1S/C18H16FN7/c1-11(12-3-5-13(19)6-4-12)24-15-9-14(22-10-23-15)16-17(20)25-26-8-2-7-21-18(16)26/h2-11H,1H3,(H2,20,25)(H,22,23,24)/t11-/m1/s1. The third-order valence-electron chi connectivity index (χ3n) is 4.08. The number of fused-ring (bicyclic) bond motifs is 1. The number of nitrogens with one attached hydrogen (secondary N) is 1. The van der Waals surface area contributed by atoms with Crippen LogP contribution in [-0.2, 0) is 0 Å². The lowest BCUT2D eigenvalue weighted by atomic mass is 10.1. The van der Waals surface area contributed by atoms with Crippen molar-refractivity contribution >= 4 is 17.3 Å². The second kappa shape index (κ2) is 6.40. The van der Waals surface area contributed by atoms with E-state index >= 15 is 0 Å². The van der Waals surface area contributed by atoms with E-state index in [0.29, 0.717) is 28.5 Å². The summed E-state index contributed by atoms with van der Waals surface area (Å²) in [7, 11) is 0. The Balaban J connectivity index is 1.66. The minimum Gasteiger partial charge on any atom is -0.382 e. The van der Waals surface area contributed by atoms with Gasteiger partial charge in [0.15, 0.2) is 11.5 Å². The lowest BCUT2D eigenvalue weighted by Gasteiger charge is -2.15. The van der Waals surface area contributed by atoms with Crippen molar-refractivity contribution in [3.63, 3.8) is 0 Å². The highest BCUT2D eigenvalue weighted by Crippen LogP contribution is 2.29. The van der Waals surface area contributed by atoms with Gasteiger partial charge < -0.3 is 11.1 Å². The van der Waals surface area contributed by atoms with Crippen LogP contribution in [0, 0.1) is 5.82 Å². The molecule has 0 aliphatic heterocycles. The number of hydrogen-bond acceptors (Lipinski definition) is 6. The summed E-state index contributed by atoms with van der Waals surface area (Å²) in [6, 6.07) is 9.86. The molecule has 0 bridgehead atoms. The summed E-state index contributed by atoms with van der Waals surface area (Å²) < 4.78 is 14.7. The van der Waals surface area contributed by atoms with E-state index in [9.17, 15) is 4.39 Å². The summed E-state index contributed by atoms with van der Waals surface area (Å²) >= 11 is 0. The number of aromatic nitrogens is 5. The van der Waals surface area contributed by atoms with E-state index in [-0.39, 0.29) is 11.9 Å². The first-order valence-electron chi connectivity index (χ1n) is 8.05. The molecule has 0 fully saturated rings. The van der Waals surface area contributed by atoms with E-state index in [0.717, 1.165) is 5.56 Å². The first-order chi connectivity index (χ1) is 12.6. The van der Waals surface area contributed by atoms with Crippen molar-refractivity contribution in [2.24, 2.45) is 0 Å². The average molecular weight is 349 g/mol. The van der Waals surface area contributed by atoms with Crippen molar-refractivity contribution in [2.45, 2.75) is 13.0 Å². The average Bonchev–Trinajstić information content (AvgIpc) is 2.98. The van der Waals surface area contributed by atoms with Crippen LogP contribution in [0.4, 0.5) is 16.0 Å².